The molecule has 0 spiro atoms. The highest BCUT2D eigenvalue weighted by molar-refractivity contribution is 7.89. The summed E-state index contributed by atoms with van der Waals surface area (Å²) in [6, 6.07) is 12.4. The second-order valence-corrected chi connectivity index (χ2v) is 8.89. The van der Waals surface area contributed by atoms with Crippen LogP contribution in [0.1, 0.15) is 26.3 Å². The van der Waals surface area contributed by atoms with Crippen molar-refractivity contribution in [2.24, 2.45) is 5.92 Å². The molecule has 3 rings (SSSR count). The maximum absolute atomic E-state index is 12.5. The number of nitrogens with one attached hydrogen (secondary N) is 1. The van der Waals surface area contributed by atoms with Crippen LogP contribution in [0.5, 0.6) is 0 Å². The highest BCUT2D eigenvalue weighted by atomic mass is 32.2. The summed E-state index contributed by atoms with van der Waals surface area (Å²) < 4.78 is 32.6. The molecule has 0 saturated heterocycles. The van der Waals surface area contributed by atoms with Crippen molar-refractivity contribution in [3.05, 3.63) is 54.1 Å². The highest BCUT2D eigenvalue weighted by Gasteiger charge is 2.28. The Morgan fingerprint density at radius 2 is 1.67 bits per heavy atom. The monoisotopic (exact) mass is 429 g/mol. The Bertz CT molecular complexity index is 1120. The number of hydrogen-bond donors (Lipinski definition) is 2. The summed E-state index contributed by atoms with van der Waals surface area (Å²) in [5.74, 6) is -0.934. The van der Waals surface area contributed by atoms with Crippen molar-refractivity contribution in [3.63, 3.8) is 0 Å². The highest BCUT2D eigenvalue weighted by Crippen LogP contribution is 2.24. The molecule has 2 N–H and O–H groups in total. The van der Waals surface area contributed by atoms with E-state index in [1.807, 2.05) is 24.3 Å². The minimum Gasteiger partial charge on any atom is -0.480 e. The third-order valence-corrected chi connectivity index (χ3v) is 6.13. The first-order valence-corrected chi connectivity index (χ1v) is 11.0. The number of sulfonamides is 1. The summed E-state index contributed by atoms with van der Waals surface area (Å²) in [7, 11) is -3.99. The van der Waals surface area contributed by atoms with E-state index in [1.165, 1.54) is 17.7 Å². The van der Waals surface area contributed by atoms with E-state index in [0.717, 1.165) is 12.0 Å². The Kier molecular flexibility index (Phi) is 6.33. The first kappa shape index (κ1) is 21.7. The summed E-state index contributed by atoms with van der Waals surface area (Å²) in [5, 5.41) is 13.2. The normalized spacial score (nSPS) is 12.8. The number of nitrogens with zero attached hydrogens (tertiary/aromatic N) is 2. The van der Waals surface area contributed by atoms with Gasteiger partial charge in [0.05, 0.1) is 4.90 Å². The zero-order valence-corrected chi connectivity index (χ0v) is 17.7. The van der Waals surface area contributed by atoms with Gasteiger partial charge in [0.1, 0.15) is 6.04 Å². The van der Waals surface area contributed by atoms with Crippen LogP contribution in [0.25, 0.3) is 22.8 Å². The first-order valence-electron chi connectivity index (χ1n) is 9.50. The number of aryl methyl sites for hydroxylation is 1. The van der Waals surface area contributed by atoms with Gasteiger partial charge in [-0.25, -0.2) is 8.42 Å². The van der Waals surface area contributed by atoms with Crippen LogP contribution >= 0.6 is 0 Å². The molecule has 0 amide bonds. The molecule has 0 saturated carbocycles. The number of aliphatic carboxylic acids is 1. The molecule has 0 aliphatic heterocycles. The number of carbonyl (C=O) groups is 1. The van der Waals surface area contributed by atoms with Crippen LogP contribution in [0.4, 0.5) is 0 Å². The minimum atomic E-state index is -3.99. The molecule has 0 bridgehead atoms. The van der Waals surface area contributed by atoms with Crippen LogP contribution in [-0.4, -0.2) is 35.7 Å². The maximum atomic E-state index is 12.5. The van der Waals surface area contributed by atoms with Gasteiger partial charge >= 0.3 is 5.97 Å². The molecule has 1 heterocycles. The zero-order chi connectivity index (χ0) is 21.9. The molecule has 0 radical (unpaired) electrons. The topological polar surface area (TPSA) is 122 Å². The predicted molar refractivity (Wildman–Crippen MR) is 111 cm³/mol. The molecule has 0 aliphatic carbocycles. The molecule has 1 aromatic heterocycles. The molecule has 1 unspecified atom stereocenters. The number of rotatable bonds is 8. The van der Waals surface area contributed by atoms with Crippen molar-refractivity contribution < 1.29 is 22.8 Å². The van der Waals surface area contributed by atoms with Crippen LogP contribution in [0.3, 0.4) is 0 Å². The van der Waals surface area contributed by atoms with E-state index >= 15 is 0 Å². The van der Waals surface area contributed by atoms with Gasteiger partial charge in [-0.05, 0) is 54.3 Å². The molecule has 158 valence electrons. The van der Waals surface area contributed by atoms with Crippen LogP contribution in [0.2, 0.25) is 0 Å². The van der Waals surface area contributed by atoms with Gasteiger partial charge < -0.3 is 9.63 Å². The van der Waals surface area contributed by atoms with Gasteiger partial charge in [0.15, 0.2) is 0 Å². The number of carboxylic acid groups (broad SMARTS) is 1. The van der Waals surface area contributed by atoms with E-state index in [4.69, 9.17) is 4.52 Å². The Hall–Kier alpha value is -3.04. The fourth-order valence-corrected chi connectivity index (χ4v) is 4.17. The van der Waals surface area contributed by atoms with Crippen LogP contribution in [0, 0.1) is 5.92 Å². The van der Waals surface area contributed by atoms with E-state index < -0.39 is 28.0 Å². The van der Waals surface area contributed by atoms with Gasteiger partial charge in [-0.1, -0.05) is 38.1 Å². The second-order valence-electron chi connectivity index (χ2n) is 7.18. The number of aromatic nitrogens is 2. The summed E-state index contributed by atoms with van der Waals surface area (Å²) in [6.07, 6.45) is 0.934. The summed E-state index contributed by atoms with van der Waals surface area (Å²) in [6.45, 7) is 5.34. The number of benzene rings is 2. The lowest BCUT2D eigenvalue weighted by Gasteiger charge is -2.18. The Labute approximate surface area is 175 Å². The molecular formula is C21H23N3O5S. The van der Waals surface area contributed by atoms with E-state index in [1.54, 1.807) is 26.0 Å². The van der Waals surface area contributed by atoms with Crippen LogP contribution in [0.15, 0.2) is 57.9 Å². The lowest BCUT2D eigenvalue weighted by atomic mass is 10.1. The van der Waals surface area contributed by atoms with Crippen LogP contribution in [-0.2, 0) is 21.2 Å². The molecule has 8 nitrogen and oxygen atoms in total. The van der Waals surface area contributed by atoms with Gasteiger partial charge in [0, 0.05) is 11.1 Å². The Morgan fingerprint density at radius 3 is 2.20 bits per heavy atom. The van der Waals surface area contributed by atoms with Crippen LogP contribution < -0.4 is 4.72 Å². The SMILES string of the molecule is CCc1ccc(-c2nc(-c3ccc(S(=O)(=O)NC(C(=O)O)C(C)C)cc3)no2)cc1. The standard InChI is InChI=1S/C21H23N3O5S/c1-4-14-5-7-16(8-6-14)20-22-19(23-29-20)15-9-11-17(12-10-15)30(27,28)24-18(13(2)3)21(25)26/h5-13,18,24H,4H2,1-3H3,(H,25,26). The summed E-state index contributed by atoms with van der Waals surface area (Å²) >= 11 is 0. The van der Waals surface area contributed by atoms with Gasteiger partial charge in [0.25, 0.3) is 5.89 Å². The molecule has 1 atom stereocenters. The average Bonchev–Trinajstić information content (AvgIpc) is 3.22. The van der Waals surface area contributed by atoms with Crippen molar-refractivity contribution in [2.75, 3.05) is 0 Å². The maximum Gasteiger partial charge on any atom is 0.322 e. The quantitative estimate of drug-likeness (QED) is 0.563. The molecule has 0 fully saturated rings. The first-order chi connectivity index (χ1) is 14.2. The molecule has 3 aromatic rings. The van der Waals surface area contributed by atoms with Crippen molar-refractivity contribution in [2.45, 2.75) is 38.1 Å². The van der Waals surface area contributed by atoms with E-state index in [0.29, 0.717) is 17.3 Å². The van der Waals surface area contributed by atoms with Gasteiger partial charge in [0.2, 0.25) is 15.8 Å². The van der Waals surface area contributed by atoms with Gasteiger partial charge in [-0.3, -0.25) is 4.79 Å². The summed E-state index contributed by atoms with van der Waals surface area (Å²) in [4.78, 5) is 15.6. The fourth-order valence-electron chi connectivity index (χ4n) is 2.83. The molecule has 30 heavy (non-hydrogen) atoms. The smallest absolute Gasteiger partial charge is 0.322 e. The Balaban J connectivity index is 1.80. The van der Waals surface area contributed by atoms with Crippen molar-refractivity contribution >= 4 is 16.0 Å². The lowest BCUT2D eigenvalue weighted by Crippen LogP contribution is -2.44. The molecule has 0 aliphatic rings. The van der Waals surface area contributed by atoms with E-state index in [9.17, 15) is 18.3 Å². The predicted octanol–water partition coefficient (Wildman–Crippen LogP) is 3.35. The van der Waals surface area contributed by atoms with E-state index in [-0.39, 0.29) is 4.90 Å². The zero-order valence-electron chi connectivity index (χ0n) is 16.9. The third kappa shape index (κ3) is 4.74. The number of hydrogen-bond acceptors (Lipinski definition) is 6. The average molecular weight is 429 g/mol. The largest absolute Gasteiger partial charge is 0.480 e. The second kappa shape index (κ2) is 8.76. The van der Waals surface area contributed by atoms with E-state index in [2.05, 4.69) is 21.8 Å². The minimum absolute atomic E-state index is 0.0444. The van der Waals surface area contributed by atoms with Crippen molar-refractivity contribution in [1.82, 2.24) is 14.9 Å². The van der Waals surface area contributed by atoms with Crippen molar-refractivity contribution in [1.29, 1.82) is 0 Å². The van der Waals surface area contributed by atoms with Gasteiger partial charge in [-0.2, -0.15) is 9.71 Å². The Morgan fingerprint density at radius 1 is 1.07 bits per heavy atom. The fraction of sp³-hybridized carbons (Fsp3) is 0.286. The summed E-state index contributed by atoms with van der Waals surface area (Å²) in [5.41, 5.74) is 2.57. The third-order valence-electron chi connectivity index (χ3n) is 4.67. The number of carboxylic acids is 1. The van der Waals surface area contributed by atoms with Gasteiger partial charge in [-0.15, -0.1) is 0 Å². The molecule has 2 aromatic carbocycles. The lowest BCUT2D eigenvalue weighted by molar-refractivity contribution is -0.140. The molecular weight excluding hydrogens is 406 g/mol. The molecule has 9 heteroatoms. The van der Waals surface area contributed by atoms with Crippen molar-refractivity contribution in [3.8, 4) is 22.8 Å².